The summed E-state index contributed by atoms with van der Waals surface area (Å²) in [5.41, 5.74) is 1.87. The smallest absolute Gasteiger partial charge is 0.301 e. The number of nitrogens with zero attached hydrogens (tertiary/aromatic N) is 5. The van der Waals surface area contributed by atoms with Crippen molar-refractivity contribution in [1.82, 2.24) is 19.6 Å². The lowest BCUT2D eigenvalue weighted by atomic mass is 9.96. The van der Waals surface area contributed by atoms with Crippen molar-refractivity contribution in [2.75, 3.05) is 18.1 Å². The summed E-state index contributed by atoms with van der Waals surface area (Å²) in [6.45, 7) is 9.65. The number of aliphatic hydroxyl groups is 1. The molecule has 1 aliphatic heterocycles. The van der Waals surface area contributed by atoms with Gasteiger partial charge in [0.15, 0.2) is 17.3 Å². The van der Waals surface area contributed by atoms with Gasteiger partial charge in [0.2, 0.25) is 5.13 Å². The van der Waals surface area contributed by atoms with E-state index in [4.69, 9.17) is 9.47 Å². The van der Waals surface area contributed by atoms with E-state index in [1.54, 1.807) is 60.9 Å². The summed E-state index contributed by atoms with van der Waals surface area (Å²) in [5, 5.41) is 20.7. The molecule has 38 heavy (non-hydrogen) atoms. The lowest BCUT2D eigenvalue weighted by molar-refractivity contribution is -0.132. The Morgan fingerprint density at radius 2 is 1.97 bits per heavy atom. The molecule has 1 fully saturated rings. The number of fused-ring (bicyclic) bond motifs is 1. The predicted molar refractivity (Wildman–Crippen MR) is 143 cm³/mol. The zero-order chi connectivity index (χ0) is 27.0. The van der Waals surface area contributed by atoms with Gasteiger partial charge in [0.25, 0.3) is 5.78 Å². The van der Waals surface area contributed by atoms with E-state index in [9.17, 15) is 14.7 Å². The minimum absolute atomic E-state index is 0.0844. The lowest BCUT2D eigenvalue weighted by Crippen LogP contribution is -2.29. The summed E-state index contributed by atoms with van der Waals surface area (Å²) < 4.78 is 13.2. The van der Waals surface area contributed by atoms with Crippen molar-refractivity contribution >= 4 is 39.6 Å². The number of benzene rings is 1. The van der Waals surface area contributed by atoms with Crippen LogP contribution in [0, 0.1) is 13.8 Å². The first-order chi connectivity index (χ1) is 18.3. The number of aromatic nitrogens is 4. The van der Waals surface area contributed by atoms with Crippen LogP contribution in [0.4, 0.5) is 5.13 Å². The van der Waals surface area contributed by atoms with Gasteiger partial charge in [0, 0.05) is 6.20 Å². The molecule has 1 amide bonds. The molecule has 1 atom stereocenters. The Morgan fingerprint density at radius 1 is 1.16 bits per heavy atom. The summed E-state index contributed by atoms with van der Waals surface area (Å²) in [7, 11) is 0. The molecular formula is C27H25N5O5S. The third kappa shape index (κ3) is 4.20. The molecule has 0 spiro atoms. The first kappa shape index (κ1) is 25.2. The van der Waals surface area contributed by atoms with Gasteiger partial charge < -0.3 is 14.6 Å². The van der Waals surface area contributed by atoms with E-state index in [0.29, 0.717) is 45.7 Å². The van der Waals surface area contributed by atoms with Crippen LogP contribution < -0.4 is 14.4 Å². The van der Waals surface area contributed by atoms with Crippen LogP contribution in [0.3, 0.4) is 0 Å². The summed E-state index contributed by atoms with van der Waals surface area (Å²) in [6.07, 6.45) is 3.36. The third-order valence-electron chi connectivity index (χ3n) is 6.03. The molecule has 0 aliphatic carbocycles. The van der Waals surface area contributed by atoms with Crippen molar-refractivity contribution in [1.29, 1.82) is 0 Å². The van der Waals surface area contributed by atoms with Gasteiger partial charge in [-0.15, -0.1) is 10.2 Å². The Kier molecular flexibility index (Phi) is 6.68. The highest BCUT2D eigenvalue weighted by Gasteiger charge is 2.49. The number of pyridine rings is 1. The Morgan fingerprint density at radius 3 is 2.68 bits per heavy atom. The maximum Gasteiger partial charge on any atom is 0.301 e. The third-order valence-corrected chi connectivity index (χ3v) is 6.87. The number of rotatable bonds is 8. The summed E-state index contributed by atoms with van der Waals surface area (Å²) >= 11 is 1.18. The van der Waals surface area contributed by atoms with E-state index in [-0.39, 0.29) is 23.1 Å². The largest absolute Gasteiger partial charge is 0.505 e. The lowest BCUT2D eigenvalue weighted by Gasteiger charge is -2.23. The van der Waals surface area contributed by atoms with Crippen molar-refractivity contribution in [3.05, 3.63) is 82.8 Å². The summed E-state index contributed by atoms with van der Waals surface area (Å²) in [6, 6.07) is 9.55. The highest BCUT2D eigenvalue weighted by Crippen LogP contribution is 2.45. The molecule has 5 rings (SSSR count). The van der Waals surface area contributed by atoms with Gasteiger partial charge >= 0.3 is 5.91 Å². The Balaban J connectivity index is 1.75. The van der Waals surface area contributed by atoms with E-state index in [1.807, 2.05) is 13.0 Å². The van der Waals surface area contributed by atoms with Crippen molar-refractivity contribution < 1.29 is 24.2 Å². The zero-order valence-electron chi connectivity index (χ0n) is 21.0. The molecule has 4 aromatic rings. The molecule has 1 N–H and O–H groups in total. The Hall–Kier alpha value is -4.51. The number of hydrogen-bond acceptors (Lipinski definition) is 9. The number of carbonyl (C=O) groups is 2. The van der Waals surface area contributed by atoms with Gasteiger partial charge in [-0.3, -0.25) is 18.9 Å². The number of amides is 1. The van der Waals surface area contributed by atoms with Crippen LogP contribution in [0.2, 0.25) is 0 Å². The first-order valence-electron chi connectivity index (χ1n) is 11.9. The van der Waals surface area contributed by atoms with Crippen LogP contribution in [-0.2, 0) is 9.59 Å². The second-order valence-electron chi connectivity index (χ2n) is 8.49. The van der Waals surface area contributed by atoms with Gasteiger partial charge in [-0.25, -0.2) is 4.98 Å². The van der Waals surface area contributed by atoms with E-state index in [1.165, 1.54) is 16.2 Å². The van der Waals surface area contributed by atoms with Crippen LogP contribution in [0.25, 0.3) is 11.4 Å². The van der Waals surface area contributed by atoms with Crippen molar-refractivity contribution in [2.45, 2.75) is 26.8 Å². The van der Waals surface area contributed by atoms with Crippen LogP contribution in [0.15, 0.2) is 60.8 Å². The van der Waals surface area contributed by atoms with Gasteiger partial charge in [-0.2, -0.15) is 0 Å². The van der Waals surface area contributed by atoms with Crippen LogP contribution in [0.5, 0.6) is 11.5 Å². The number of Topliss-reactive ketones (excluding diaryl/α,β-unsaturated/α-hetero) is 1. The number of anilines is 1. The number of aryl methyl sites for hydroxylation is 2. The average molecular weight is 532 g/mol. The molecule has 0 radical (unpaired) electrons. The number of ether oxygens (including phenoxy) is 2. The fourth-order valence-electron chi connectivity index (χ4n) is 4.49. The van der Waals surface area contributed by atoms with Crippen molar-refractivity contribution in [3.63, 3.8) is 0 Å². The minimum atomic E-state index is -0.997. The standard InChI is InChI=1S/C27H25N5O5S/c1-5-13-37-18-11-10-17(14-19(18)36-6-2)23-21(25(34)26(35)32(23)27-30-29-16(4)38-27)24(33)22-15(3)28-20-9-7-8-12-31(20)22/h5,7-12,14,23,33H,1,6,13H2,2-4H3. The highest BCUT2D eigenvalue weighted by molar-refractivity contribution is 7.15. The molecule has 0 bridgehead atoms. The molecule has 11 heteroatoms. The fourth-order valence-corrected chi connectivity index (χ4v) is 5.20. The van der Waals surface area contributed by atoms with Crippen LogP contribution in [0.1, 0.15) is 34.9 Å². The summed E-state index contributed by atoms with van der Waals surface area (Å²) in [4.78, 5) is 32.7. The van der Waals surface area contributed by atoms with Crippen LogP contribution >= 0.6 is 11.3 Å². The number of aliphatic hydroxyl groups excluding tert-OH is 1. The maximum absolute atomic E-state index is 13.5. The Labute approximate surface area is 222 Å². The normalized spacial score (nSPS) is 16.8. The molecule has 1 saturated heterocycles. The minimum Gasteiger partial charge on any atom is -0.505 e. The second kappa shape index (κ2) is 10.1. The van der Waals surface area contributed by atoms with Gasteiger partial charge in [-0.05, 0) is 50.6 Å². The zero-order valence-corrected chi connectivity index (χ0v) is 21.9. The molecule has 4 heterocycles. The predicted octanol–water partition coefficient (Wildman–Crippen LogP) is 4.39. The molecule has 3 aromatic heterocycles. The van der Waals surface area contributed by atoms with Crippen LogP contribution in [-0.4, -0.2) is 49.6 Å². The molecule has 1 unspecified atom stereocenters. The maximum atomic E-state index is 13.5. The SMILES string of the molecule is C=CCOc1ccc(C2C(=C(O)c3c(C)nc4ccccn34)C(=O)C(=O)N2c2nnc(C)s2)cc1OCC. The second-order valence-corrected chi connectivity index (χ2v) is 9.65. The Bertz CT molecular complexity index is 1600. The van der Waals surface area contributed by atoms with E-state index >= 15 is 0 Å². The number of ketones is 1. The molecule has 0 saturated carbocycles. The van der Waals surface area contributed by atoms with E-state index < -0.39 is 17.7 Å². The highest BCUT2D eigenvalue weighted by atomic mass is 32.1. The van der Waals surface area contributed by atoms with E-state index in [0.717, 1.165) is 0 Å². The number of carbonyl (C=O) groups excluding carboxylic acids is 2. The molecule has 1 aromatic carbocycles. The average Bonchev–Trinajstić information content (AvgIpc) is 3.56. The van der Waals surface area contributed by atoms with Crippen molar-refractivity contribution in [3.8, 4) is 11.5 Å². The molecule has 10 nitrogen and oxygen atoms in total. The van der Waals surface area contributed by atoms with Gasteiger partial charge in [-0.1, -0.05) is 36.1 Å². The van der Waals surface area contributed by atoms with E-state index in [2.05, 4.69) is 21.8 Å². The summed E-state index contributed by atoms with van der Waals surface area (Å²) in [5.74, 6) is -1.08. The molecule has 1 aliphatic rings. The number of imidazole rings is 1. The van der Waals surface area contributed by atoms with Crippen molar-refractivity contribution in [2.24, 2.45) is 0 Å². The monoisotopic (exact) mass is 531 g/mol. The quantitative estimate of drug-likeness (QED) is 0.154. The van der Waals surface area contributed by atoms with Gasteiger partial charge in [0.1, 0.15) is 23.0 Å². The number of hydrogen-bond donors (Lipinski definition) is 1. The first-order valence-corrected chi connectivity index (χ1v) is 12.7. The van der Waals surface area contributed by atoms with Gasteiger partial charge in [0.05, 0.1) is 23.9 Å². The topological polar surface area (TPSA) is 119 Å². The molecule has 194 valence electrons. The molecular weight excluding hydrogens is 506 g/mol. The fraction of sp³-hybridized carbons (Fsp3) is 0.222.